The Morgan fingerprint density at radius 3 is 2.55 bits per heavy atom. The minimum absolute atomic E-state index is 0.0278. The summed E-state index contributed by atoms with van der Waals surface area (Å²) in [4.78, 5) is 43.4. The van der Waals surface area contributed by atoms with Crippen LogP contribution in [0.15, 0.2) is 15.8 Å². The van der Waals surface area contributed by atoms with Gasteiger partial charge >= 0.3 is 5.69 Å². The zero-order chi connectivity index (χ0) is 16.3. The number of piperidine rings is 1. The molecule has 0 spiro atoms. The lowest BCUT2D eigenvalue weighted by Crippen LogP contribution is -2.44. The summed E-state index contributed by atoms with van der Waals surface area (Å²) in [5, 5.41) is 0. The van der Waals surface area contributed by atoms with Crippen LogP contribution in [0.1, 0.15) is 25.3 Å². The molecule has 1 atom stereocenters. The van der Waals surface area contributed by atoms with Gasteiger partial charge in [-0.15, -0.1) is 0 Å². The van der Waals surface area contributed by atoms with Crippen LogP contribution in [0, 0.1) is 5.92 Å². The molecule has 0 radical (unpaired) electrons. The number of amides is 1. The van der Waals surface area contributed by atoms with Gasteiger partial charge in [0.05, 0.1) is 6.42 Å². The van der Waals surface area contributed by atoms with Crippen molar-refractivity contribution in [2.45, 2.75) is 32.2 Å². The van der Waals surface area contributed by atoms with E-state index in [1.807, 2.05) is 4.90 Å². The van der Waals surface area contributed by atoms with E-state index in [0.29, 0.717) is 17.5 Å². The molecule has 0 aliphatic carbocycles. The maximum Gasteiger partial charge on any atom is 0.325 e. The van der Waals surface area contributed by atoms with Gasteiger partial charge < -0.3 is 14.8 Å². The molecule has 0 aromatic carbocycles. The van der Waals surface area contributed by atoms with Gasteiger partial charge in [0.25, 0.3) is 5.56 Å². The third kappa shape index (κ3) is 3.85. The first kappa shape index (κ1) is 16.5. The molecule has 2 heterocycles. The molecule has 1 fully saturated rings. The lowest BCUT2D eigenvalue weighted by molar-refractivity contribution is -0.132. The molecule has 7 nitrogen and oxygen atoms in total. The number of carbonyl (C=O) groups is 1. The molecule has 7 heteroatoms. The molecule has 0 unspecified atom stereocenters. The number of nitrogens with zero attached hydrogens (tertiary/aromatic N) is 2. The van der Waals surface area contributed by atoms with Crippen molar-refractivity contribution in [3.8, 4) is 0 Å². The predicted molar refractivity (Wildman–Crippen MR) is 83.8 cm³/mol. The number of rotatable bonds is 4. The summed E-state index contributed by atoms with van der Waals surface area (Å²) in [6.07, 6.45) is 3.31. The van der Waals surface area contributed by atoms with Crippen molar-refractivity contribution in [2.24, 2.45) is 5.92 Å². The Hall–Kier alpha value is -1.89. The van der Waals surface area contributed by atoms with Crippen molar-refractivity contribution in [1.82, 2.24) is 19.8 Å². The Morgan fingerprint density at radius 2 is 2.00 bits per heavy atom. The van der Waals surface area contributed by atoms with E-state index in [2.05, 4.69) is 35.9 Å². The van der Waals surface area contributed by atoms with Gasteiger partial charge in [-0.1, -0.05) is 0 Å². The average molecular weight is 308 g/mol. The van der Waals surface area contributed by atoms with E-state index >= 15 is 0 Å². The number of hydrogen-bond donors (Lipinski definition) is 2. The van der Waals surface area contributed by atoms with E-state index in [9.17, 15) is 14.4 Å². The highest BCUT2D eigenvalue weighted by molar-refractivity contribution is 5.78. The molecule has 1 aromatic heterocycles. The molecule has 1 aromatic rings. The van der Waals surface area contributed by atoms with Crippen LogP contribution in [0.4, 0.5) is 0 Å². The second-order valence-electron chi connectivity index (χ2n) is 6.20. The number of nitrogens with one attached hydrogen (secondary N) is 2. The van der Waals surface area contributed by atoms with E-state index in [4.69, 9.17) is 0 Å². The van der Waals surface area contributed by atoms with E-state index in [0.717, 1.165) is 25.9 Å². The lowest BCUT2D eigenvalue weighted by Gasteiger charge is -2.37. The molecule has 22 heavy (non-hydrogen) atoms. The van der Waals surface area contributed by atoms with E-state index in [1.54, 1.807) is 0 Å². The number of carbonyl (C=O) groups excluding carboxylic acids is 1. The smallest absolute Gasteiger partial charge is 0.325 e. The Balaban J connectivity index is 1.92. The van der Waals surface area contributed by atoms with Crippen LogP contribution >= 0.6 is 0 Å². The van der Waals surface area contributed by atoms with Gasteiger partial charge in [0.15, 0.2) is 0 Å². The van der Waals surface area contributed by atoms with Crippen LogP contribution in [-0.2, 0) is 11.2 Å². The largest absolute Gasteiger partial charge is 0.342 e. The second kappa shape index (κ2) is 6.91. The maximum absolute atomic E-state index is 12.3. The Labute approximate surface area is 129 Å². The summed E-state index contributed by atoms with van der Waals surface area (Å²) in [6, 6.07) is 0.499. The third-order valence-corrected chi connectivity index (χ3v) is 4.63. The van der Waals surface area contributed by atoms with Gasteiger partial charge in [-0.05, 0) is 39.8 Å². The summed E-state index contributed by atoms with van der Waals surface area (Å²) >= 11 is 0. The molecule has 122 valence electrons. The molecule has 1 aliphatic rings. The summed E-state index contributed by atoms with van der Waals surface area (Å²) in [5.74, 6) is 0.532. The molecular formula is C15H24N4O3. The molecule has 2 N–H and O–H groups in total. The maximum atomic E-state index is 12.3. The van der Waals surface area contributed by atoms with Crippen LogP contribution in [-0.4, -0.2) is 58.9 Å². The first-order chi connectivity index (χ1) is 10.4. The average Bonchev–Trinajstić information content (AvgIpc) is 2.49. The summed E-state index contributed by atoms with van der Waals surface area (Å²) in [7, 11) is 4.15. The van der Waals surface area contributed by atoms with Crippen molar-refractivity contribution in [3.63, 3.8) is 0 Å². The number of aromatic nitrogens is 2. The first-order valence-corrected chi connectivity index (χ1v) is 7.63. The predicted octanol–water partition coefficient (Wildman–Crippen LogP) is -0.206. The Morgan fingerprint density at radius 1 is 1.36 bits per heavy atom. The first-order valence-electron chi connectivity index (χ1n) is 7.63. The van der Waals surface area contributed by atoms with Crippen LogP contribution < -0.4 is 11.2 Å². The molecule has 1 saturated heterocycles. The summed E-state index contributed by atoms with van der Waals surface area (Å²) in [5.41, 5.74) is -0.749. The minimum Gasteiger partial charge on any atom is -0.342 e. The zero-order valence-corrected chi connectivity index (χ0v) is 13.4. The number of likely N-dealkylation sites (tertiary alicyclic amines) is 1. The highest BCUT2D eigenvalue weighted by Crippen LogP contribution is 2.23. The van der Waals surface area contributed by atoms with Gasteiger partial charge in [0.1, 0.15) is 0 Å². The fourth-order valence-electron chi connectivity index (χ4n) is 2.90. The quantitative estimate of drug-likeness (QED) is 0.806. The summed E-state index contributed by atoms with van der Waals surface area (Å²) < 4.78 is 0. The van der Waals surface area contributed by atoms with Crippen molar-refractivity contribution >= 4 is 5.91 Å². The normalized spacial score (nSPS) is 17.7. The number of H-pyrrole nitrogens is 2. The molecular weight excluding hydrogens is 284 g/mol. The van der Waals surface area contributed by atoms with Crippen molar-refractivity contribution in [2.75, 3.05) is 27.2 Å². The molecule has 2 rings (SSSR count). The van der Waals surface area contributed by atoms with Crippen molar-refractivity contribution in [1.29, 1.82) is 0 Å². The number of aromatic amines is 2. The van der Waals surface area contributed by atoms with E-state index in [-0.39, 0.29) is 12.3 Å². The van der Waals surface area contributed by atoms with Gasteiger partial charge in [-0.3, -0.25) is 14.6 Å². The minimum atomic E-state index is -0.556. The highest BCUT2D eigenvalue weighted by Gasteiger charge is 2.27. The fraction of sp³-hybridized carbons (Fsp3) is 0.667. The van der Waals surface area contributed by atoms with Crippen LogP contribution in [0.3, 0.4) is 0 Å². The van der Waals surface area contributed by atoms with Crippen LogP contribution in [0.25, 0.3) is 0 Å². The SMILES string of the molecule is C[C@@H](C1CCN(C(=O)Cc2c[nH]c(=O)[nH]c2=O)CC1)N(C)C. The van der Waals surface area contributed by atoms with Gasteiger partial charge in [-0.2, -0.15) is 0 Å². The summed E-state index contributed by atoms with van der Waals surface area (Å²) in [6.45, 7) is 3.66. The molecule has 0 bridgehead atoms. The Kier molecular flexibility index (Phi) is 5.18. The molecule has 0 saturated carbocycles. The second-order valence-corrected chi connectivity index (χ2v) is 6.20. The molecule has 1 amide bonds. The third-order valence-electron chi connectivity index (χ3n) is 4.63. The topological polar surface area (TPSA) is 89.3 Å². The molecule has 1 aliphatic heterocycles. The number of hydrogen-bond acceptors (Lipinski definition) is 4. The zero-order valence-electron chi connectivity index (χ0n) is 13.4. The lowest BCUT2D eigenvalue weighted by atomic mass is 9.89. The van der Waals surface area contributed by atoms with E-state index < -0.39 is 11.2 Å². The van der Waals surface area contributed by atoms with Crippen molar-refractivity contribution in [3.05, 3.63) is 32.6 Å². The highest BCUT2D eigenvalue weighted by atomic mass is 16.2. The standard InChI is InChI=1S/C15H24N4O3/c1-10(18(2)3)11-4-6-19(7-5-11)13(20)8-12-9-16-15(22)17-14(12)21/h9-11H,4-8H2,1-3H3,(H2,16,17,21,22)/t10-/m0/s1. The fourth-order valence-corrected chi connectivity index (χ4v) is 2.90. The monoisotopic (exact) mass is 308 g/mol. The van der Waals surface area contributed by atoms with Gasteiger partial charge in [0.2, 0.25) is 5.91 Å². The van der Waals surface area contributed by atoms with E-state index in [1.165, 1.54) is 6.20 Å². The van der Waals surface area contributed by atoms with Gasteiger partial charge in [0, 0.05) is 30.9 Å². The Bertz CT molecular complexity index is 626. The van der Waals surface area contributed by atoms with Crippen molar-refractivity contribution < 1.29 is 4.79 Å². The van der Waals surface area contributed by atoms with Crippen LogP contribution in [0.2, 0.25) is 0 Å². The van der Waals surface area contributed by atoms with Gasteiger partial charge in [-0.25, -0.2) is 4.79 Å². The van der Waals surface area contributed by atoms with Crippen LogP contribution in [0.5, 0.6) is 0 Å².